The Bertz CT molecular complexity index is 1790. The number of benzene rings is 1. The third kappa shape index (κ3) is 9.84. The average molecular weight is 702 g/mol. The van der Waals surface area contributed by atoms with Crippen LogP contribution in [0, 0.1) is 24.7 Å². The summed E-state index contributed by atoms with van der Waals surface area (Å²) >= 11 is 0. The number of nitrogens with one attached hydrogen (secondary N) is 1. The number of amides is 1. The molecule has 0 aromatic heterocycles. The maximum atomic E-state index is 13.9. The second kappa shape index (κ2) is 17.8. The quantitative estimate of drug-likeness (QED) is 0.257. The van der Waals surface area contributed by atoms with Crippen molar-refractivity contribution in [3.8, 4) is 5.75 Å². The number of ketones is 4. The van der Waals surface area contributed by atoms with Crippen molar-refractivity contribution in [1.29, 1.82) is 0 Å². The lowest BCUT2D eigenvalue weighted by Gasteiger charge is -2.24. The van der Waals surface area contributed by atoms with Gasteiger partial charge in [-0.05, 0) is 50.0 Å². The lowest BCUT2D eigenvalue weighted by Crippen LogP contribution is -2.35. The summed E-state index contributed by atoms with van der Waals surface area (Å²) in [6.07, 6.45) is 12.3. The molecule has 6 atom stereocenters. The van der Waals surface area contributed by atoms with Crippen LogP contribution in [0.4, 0.5) is 0 Å². The second-order valence-electron chi connectivity index (χ2n) is 13.0. The fourth-order valence-electron chi connectivity index (χ4n) is 5.71. The summed E-state index contributed by atoms with van der Waals surface area (Å²) in [5, 5.41) is 45.6. The van der Waals surface area contributed by atoms with E-state index in [-0.39, 0.29) is 46.8 Å². The standard InChI is InChI=1S/C40H47NO10/c1-21-12-10-8-9-11-13-31(45)41-34-38(49)28-19-26(6)37(48)33(32(28)39(50)40(34)51-7)36(47)25(5)18-24(4)35(46)23(3)15-17-27(42)16-14-22(2)30(44)20-29(21)43/h8-15,17-19,21,23-24,27,29,35,42-43,46,48H,16,20H2,1-7H3,(H,41,45)/b9-8+,12-10+,13-11+,17-15+,22-14+,25-18+. The van der Waals surface area contributed by atoms with Gasteiger partial charge in [-0.3, -0.25) is 24.0 Å². The van der Waals surface area contributed by atoms with Gasteiger partial charge in [-0.15, -0.1) is 0 Å². The van der Waals surface area contributed by atoms with Crippen molar-refractivity contribution in [2.45, 2.75) is 72.7 Å². The molecule has 0 fully saturated rings. The summed E-state index contributed by atoms with van der Waals surface area (Å²) in [5.74, 6) is -5.93. The van der Waals surface area contributed by atoms with Crippen LogP contribution in [0.5, 0.6) is 5.75 Å². The molecule has 4 bridgehead atoms. The second-order valence-corrected chi connectivity index (χ2v) is 13.0. The van der Waals surface area contributed by atoms with Gasteiger partial charge in [0.15, 0.2) is 17.3 Å². The van der Waals surface area contributed by atoms with Crippen LogP contribution in [0.25, 0.3) is 0 Å². The normalized spacial score (nSPS) is 30.9. The van der Waals surface area contributed by atoms with Gasteiger partial charge in [0.1, 0.15) is 11.4 Å². The van der Waals surface area contributed by atoms with E-state index in [1.54, 1.807) is 58.1 Å². The summed E-state index contributed by atoms with van der Waals surface area (Å²) < 4.78 is 5.25. The third-order valence-corrected chi connectivity index (χ3v) is 8.99. The van der Waals surface area contributed by atoms with Gasteiger partial charge in [0.25, 0.3) is 0 Å². The number of aryl methyl sites for hydroxylation is 1. The third-order valence-electron chi connectivity index (χ3n) is 8.99. The van der Waals surface area contributed by atoms with E-state index in [0.29, 0.717) is 5.57 Å². The Morgan fingerprint density at radius 2 is 1.43 bits per heavy atom. The van der Waals surface area contributed by atoms with Gasteiger partial charge in [-0.1, -0.05) is 75.5 Å². The monoisotopic (exact) mass is 701 g/mol. The molecule has 2 heterocycles. The van der Waals surface area contributed by atoms with E-state index in [0.717, 1.165) is 13.2 Å². The van der Waals surface area contributed by atoms with E-state index in [1.165, 1.54) is 44.2 Å². The summed E-state index contributed by atoms with van der Waals surface area (Å²) in [6, 6.07) is 1.27. The summed E-state index contributed by atoms with van der Waals surface area (Å²) in [5.41, 5.74) is -0.768. The number of allylic oxidation sites excluding steroid dienone is 8. The van der Waals surface area contributed by atoms with Crippen molar-refractivity contribution >= 4 is 29.0 Å². The number of phenols is 1. The van der Waals surface area contributed by atoms with Crippen LogP contribution in [0.2, 0.25) is 0 Å². The summed E-state index contributed by atoms with van der Waals surface area (Å²) in [6.45, 7) is 9.70. The van der Waals surface area contributed by atoms with Crippen LogP contribution in [-0.4, -0.2) is 74.9 Å². The molecule has 11 nitrogen and oxygen atoms in total. The molecule has 4 rings (SSSR count). The molecular weight excluding hydrogens is 654 g/mol. The minimum absolute atomic E-state index is 0.0879. The Kier molecular flexibility index (Phi) is 14.1. The zero-order valence-corrected chi connectivity index (χ0v) is 30.0. The highest BCUT2D eigenvalue weighted by Crippen LogP contribution is 2.37. The smallest absolute Gasteiger partial charge is 0.248 e. The molecule has 0 saturated carbocycles. The van der Waals surface area contributed by atoms with E-state index in [9.17, 15) is 44.4 Å². The van der Waals surface area contributed by atoms with Gasteiger partial charge < -0.3 is 30.5 Å². The first kappa shape index (κ1) is 40.5. The largest absolute Gasteiger partial charge is 0.507 e. The predicted molar refractivity (Wildman–Crippen MR) is 192 cm³/mol. The SMILES string of the molecule is COC1=C2NC(=O)/C=C/C=C/C=C/C(C)C(O)CC(=O)/C(C)=C/CC(O)/C=C/C(C)C(O)C(C)/C=C(\C)C(=O)c3c(O)c(C)cc(c3C1=O)C2=O. The Morgan fingerprint density at radius 3 is 2.10 bits per heavy atom. The average Bonchev–Trinajstić information content (AvgIpc) is 3.09. The van der Waals surface area contributed by atoms with Crippen LogP contribution in [0.3, 0.4) is 0 Å². The number of aliphatic hydroxyl groups excluding tert-OH is 3. The van der Waals surface area contributed by atoms with E-state index < -0.39 is 76.2 Å². The molecule has 2 aliphatic heterocycles. The Balaban J connectivity index is 2.08. The number of carbonyl (C=O) groups excluding carboxylic acids is 5. The molecule has 51 heavy (non-hydrogen) atoms. The number of Topliss-reactive ketones (excluding diaryl/α,β-unsaturated/α-hetero) is 4. The predicted octanol–water partition coefficient (Wildman–Crippen LogP) is 4.71. The molecule has 3 aliphatic rings. The highest BCUT2D eigenvalue weighted by molar-refractivity contribution is 6.31. The molecule has 0 saturated heterocycles. The van der Waals surface area contributed by atoms with Crippen molar-refractivity contribution in [3.05, 3.63) is 112 Å². The molecule has 1 aromatic carbocycles. The van der Waals surface area contributed by atoms with E-state index >= 15 is 0 Å². The first-order chi connectivity index (χ1) is 24.0. The van der Waals surface area contributed by atoms with Crippen molar-refractivity contribution < 1.29 is 49.1 Å². The first-order valence-electron chi connectivity index (χ1n) is 16.7. The van der Waals surface area contributed by atoms with E-state index in [2.05, 4.69) is 5.32 Å². The van der Waals surface area contributed by atoms with Crippen molar-refractivity contribution in [1.82, 2.24) is 5.32 Å². The lowest BCUT2D eigenvalue weighted by molar-refractivity contribution is -0.118. The Hall–Kier alpha value is -4.97. The number of aliphatic hydroxyl groups is 3. The topological polar surface area (TPSA) is 188 Å². The van der Waals surface area contributed by atoms with Crippen LogP contribution in [-0.2, 0) is 14.3 Å². The van der Waals surface area contributed by atoms with Gasteiger partial charge in [0, 0.05) is 35.8 Å². The van der Waals surface area contributed by atoms with E-state index in [4.69, 9.17) is 4.74 Å². The molecule has 1 aromatic rings. The number of hydrogen-bond acceptors (Lipinski definition) is 10. The molecular formula is C40H47NO10. The Labute approximate surface area is 298 Å². The minimum Gasteiger partial charge on any atom is -0.507 e. The summed E-state index contributed by atoms with van der Waals surface area (Å²) in [7, 11) is 1.14. The van der Waals surface area contributed by atoms with Crippen molar-refractivity contribution in [3.63, 3.8) is 0 Å². The minimum atomic E-state index is -1.01. The zero-order valence-electron chi connectivity index (χ0n) is 30.0. The lowest BCUT2D eigenvalue weighted by atomic mass is 9.82. The fourth-order valence-corrected chi connectivity index (χ4v) is 5.71. The van der Waals surface area contributed by atoms with Crippen LogP contribution in [0.15, 0.2) is 89.4 Å². The van der Waals surface area contributed by atoms with E-state index in [1.807, 2.05) is 0 Å². The number of ether oxygens (including phenoxy) is 1. The molecule has 11 heteroatoms. The fraction of sp³-hybridized carbons (Fsp3) is 0.375. The highest BCUT2D eigenvalue weighted by atomic mass is 16.5. The van der Waals surface area contributed by atoms with Gasteiger partial charge in [-0.2, -0.15) is 0 Å². The molecule has 6 unspecified atom stereocenters. The number of carbonyl (C=O) groups is 5. The van der Waals surface area contributed by atoms with Crippen LogP contribution < -0.4 is 5.32 Å². The molecule has 0 spiro atoms. The Morgan fingerprint density at radius 1 is 0.765 bits per heavy atom. The van der Waals surface area contributed by atoms with Gasteiger partial charge in [-0.25, -0.2) is 0 Å². The maximum Gasteiger partial charge on any atom is 0.248 e. The number of hydrogen-bond donors (Lipinski definition) is 5. The molecule has 1 aliphatic carbocycles. The molecule has 0 radical (unpaired) electrons. The van der Waals surface area contributed by atoms with Crippen molar-refractivity contribution in [2.24, 2.45) is 17.8 Å². The number of methoxy groups -OCH3 is 1. The van der Waals surface area contributed by atoms with Gasteiger partial charge in [0.2, 0.25) is 17.5 Å². The summed E-state index contributed by atoms with van der Waals surface area (Å²) in [4.78, 5) is 66.8. The maximum absolute atomic E-state index is 13.9. The van der Waals surface area contributed by atoms with Gasteiger partial charge >= 0.3 is 0 Å². The number of phenolic OH excluding ortho intramolecular Hbond substituents is 1. The highest BCUT2D eigenvalue weighted by Gasteiger charge is 2.39. The van der Waals surface area contributed by atoms with Crippen LogP contribution >= 0.6 is 0 Å². The molecule has 272 valence electrons. The molecule has 5 N–H and O–H groups in total. The number of fused-ring (bicyclic) bond motifs is 18. The number of aromatic hydroxyl groups is 1. The van der Waals surface area contributed by atoms with Gasteiger partial charge in [0.05, 0.1) is 36.5 Å². The van der Waals surface area contributed by atoms with Crippen molar-refractivity contribution in [2.75, 3.05) is 7.11 Å². The zero-order chi connectivity index (χ0) is 38.2. The van der Waals surface area contributed by atoms with Crippen LogP contribution in [0.1, 0.15) is 84.1 Å². The first-order valence-corrected chi connectivity index (χ1v) is 16.7. The number of rotatable bonds is 1. The molecule has 1 amide bonds.